The summed E-state index contributed by atoms with van der Waals surface area (Å²) < 4.78 is 1.99. The smallest absolute Gasteiger partial charge is 0.165 e. The molecule has 92 valence electrons. The highest BCUT2D eigenvalue weighted by molar-refractivity contribution is 6.33. The van der Waals surface area contributed by atoms with E-state index >= 15 is 0 Å². The van der Waals surface area contributed by atoms with Crippen molar-refractivity contribution in [2.24, 2.45) is 0 Å². The lowest BCUT2D eigenvalue weighted by Gasteiger charge is -2.11. The number of fused-ring (bicyclic) bond motifs is 1. The van der Waals surface area contributed by atoms with Gasteiger partial charge in [-0.3, -0.25) is 0 Å². The molecule has 1 aliphatic rings. The quantitative estimate of drug-likeness (QED) is 0.808. The van der Waals surface area contributed by atoms with E-state index in [1.54, 1.807) is 6.33 Å². The maximum Gasteiger partial charge on any atom is 0.165 e. The lowest BCUT2D eigenvalue weighted by Crippen LogP contribution is -2.06. The van der Waals surface area contributed by atoms with E-state index in [-0.39, 0.29) is 24.6 Å². The van der Waals surface area contributed by atoms with Gasteiger partial charge in [0, 0.05) is 6.04 Å². The van der Waals surface area contributed by atoms with Crippen LogP contribution in [0, 0.1) is 0 Å². The van der Waals surface area contributed by atoms with Crippen molar-refractivity contribution in [3.63, 3.8) is 0 Å². The van der Waals surface area contributed by atoms with Crippen LogP contribution in [-0.2, 0) is 0 Å². The van der Waals surface area contributed by atoms with E-state index in [2.05, 4.69) is 15.0 Å². The zero-order chi connectivity index (χ0) is 11.1. The molecule has 2 atom stereocenters. The van der Waals surface area contributed by atoms with Gasteiger partial charge in [0.1, 0.15) is 11.8 Å². The molecule has 0 aliphatic heterocycles. The van der Waals surface area contributed by atoms with E-state index in [0.29, 0.717) is 10.7 Å². The van der Waals surface area contributed by atoms with Crippen molar-refractivity contribution in [2.45, 2.75) is 31.4 Å². The van der Waals surface area contributed by atoms with Gasteiger partial charge in [-0.15, -0.1) is 12.4 Å². The largest absolute Gasteiger partial charge is 0.393 e. The third kappa shape index (κ3) is 2.10. The van der Waals surface area contributed by atoms with Crippen LogP contribution in [0.5, 0.6) is 0 Å². The average molecular weight is 275 g/mol. The van der Waals surface area contributed by atoms with E-state index in [9.17, 15) is 5.11 Å². The molecule has 1 saturated carbocycles. The van der Waals surface area contributed by atoms with Gasteiger partial charge in [0.2, 0.25) is 0 Å². The average Bonchev–Trinajstić information content (AvgIpc) is 2.84. The van der Waals surface area contributed by atoms with Crippen LogP contribution in [0.2, 0.25) is 5.15 Å². The summed E-state index contributed by atoms with van der Waals surface area (Å²) in [7, 11) is 0. The second-order valence-electron chi connectivity index (χ2n) is 4.11. The van der Waals surface area contributed by atoms with Gasteiger partial charge in [0.15, 0.2) is 10.8 Å². The van der Waals surface area contributed by atoms with Crippen molar-refractivity contribution in [1.82, 2.24) is 19.5 Å². The Balaban J connectivity index is 0.00000108. The normalized spacial score (nSPS) is 23.9. The van der Waals surface area contributed by atoms with Gasteiger partial charge in [-0.05, 0) is 19.3 Å². The molecule has 0 saturated heterocycles. The van der Waals surface area contributed by atoms with E-state index in [0.717, 1.165) is 24.9 Å². The number of halogens is 2. The predicted molar refractivity (Wildman–Crippen MR) is 66.5 cm³/mol. The summed E-state index contributed by atoms with van der Waals surface area (Å²) in [4.78, 5) is 12.3. The fourth-order valence-corrected chi connectivity index (χ4v) is 2.45. The van der Waals surface area contributed by atoms with Crippen molar-refractivity contribution in [3.05, 3.63) is 17.8 Å². The second kappa shape index (κ2) is 4.76. The SMILES string of the molecule is Cl.OC1CCC(n2cnc3c(Cl)ncnc32)C1. The predicted octanol–water partition coefficient (Wildman–Crippen LogP) is 1.99. The first-order valence-electron chi connectivity index (χ1n) is 5.27. The van der Waals surface area contributed by atoms with Crippen LogP contribution >= 0.6 is 24.0 Å². The molecule has 2 aromatic heterocycles. The topological polar surface area (TPSA) is 63.8 Å². The van der Waals surface area contributed by atoms with E-state index in [1.807, 2.05) is 4.57 Å². The number of aromatic nitrogens is 4. The number of aliphatic hydroxyl groups is 1. The molecule has 17 heavy (non-hydrogen) atoms. The number of imidazole rings is 1. The molecule has 0 radical (unpaired) electrons. The van der Waals surface area contributed by atoms with Crippen LogP contribution < -0.4 is 0 Å². The van der Waals surface area contributed by atoms with Gasteiger partial charge in [-0.2, -0.15) is 0 Å². The lowest BCUT2D eigenvalue weighted by molar-refractivity contribution is 0.178. The zero-order valence-corrected chi connectivity index (χ0v) is 10.5. The maximum atomic E-state index is 9.53. The summed E-state index contributed by atoms with van der Waals surface area (Å²) in [6.07, 6.45) is 5.51. The number of nitrogens with zero attached hydrogens (tertiary/aromatic N) is 4. The molecule has 0 bridgehead atoms. The molecule has 1 aliphatic carbocycles. The molecule has 2 unspecified atom stereocenters. The highest BCUT2D eigenvalue weighted by Gasteiger charge is 2.26. The third-order valence-corrected chi connectivity index (χ3v) is 3.36. The Kier molecular flexibility index (Phi) is 3.51. The molecule has 0 amide bonds. The van der Waals surface area contributed by atoms with E-state index in [1.165, 1.54) is 6.33 Å². The molecular weight excluding hydrogens is 263 g/mol. The van der Waals surface area contributed by atoms with Crippen LogP contribution in [0.15, 0.2) is 12.7 Å². The number of rotatable bonds is 1. The summed E-state index contributed by atoms with van der Waals surface area (Å²) in [6.45, 7) is 0. The maximum absolute atomic E-state index is 9.53. The molecule has 5 nitrogen and oxygen atoms in total. The van der Waals surface area contributed by atoms with Gasteiger partial charge < -0.3 is 9.67 Å². The number of aliphatic hydroxyl groups excluding tert-OH is 1. The highest BCUT2D eigenvalue weighted by Crippen LogP contribution is 2.32. The van der Waals surface area contributed by atoms with Gasteiger partial charge in [0.05, 0.1) is 12.4 Å². The molecule has 0 aromatic carbocycles. The van der Waals surface area contributed by atoms with Crippen molar-refractivity contribution < 1.29 is 5.11 Å². The lowest BCUT2D eigenvalue weighted by atomic mass is 10.2. The fraction of sp³-hybridized carbons (Fsp3) is 0.500. The Bertz CT molecular complexity index is 530. The molecule has 2 heterocycles. The highest BCUT2D eigenvalue weighted by atomic mass is 35.5. The van der Waals surface area contributed by atoms with Crippen molar-refractivity contribution in [3.8, 4) is 0 Å². The minimum atomic E-state index is -0.209. The van der Waals surface area contributed by atoms with Gasteiger partial charge >= 0.3 is 0 Å². The first-order valence-corrected chi connectivity index (χ1v) is 5.64. The van der Waals surface area contributed by atoms with Crippen LogP contribution in [0.4, 0.5) is 0 Å². The van der Waals surface area contributed by atoms with Gasteiger partial charge in [-0.25, -0.2) is 15.0 Å². The Morgan fingerprint density at radius 2 is 2.12 bits per heavy atom. The Hall–Kier alpha value is -0.910. The second-order valence-corrected chi connectivity index (χ2v) is 4.47. The summed E-state index contributed by atoms with van der Waals surface area (Å²) in [5, 5.41) is 9.91. The first kappa shape index (κ1) is 12.5. The van der Waals surface area contributed by atoms with Crippen LogP contribution in [0.3, 0.4) is 0 Å². The van der Waals surface area contributed by atoms with E-state index in [4.69, 9.17) is 11.6 Å². The van der Waals surface area contributed by atoms with Gasteiger partial charge in [0.25, 0.3) is 0 Å². The van der Waals surface area contributed by atoms with Crippen LogP contribution in [0.1, 0.15) is 25.3 Å². The minimum Gasteiger partial charge on any atom is -0.393 e. The third-order valence-electron chi connectivity index (χ3n) is 3.08. The first-order chi connectivity index (χ1) is 7.75. The molecule has 1 N–H and O–H groups in total. The van der Waals surface area contributed by atoms with Gasteiger partial charge in [-0.1, -0.05) is 11.6 Å². The van der Waals surface area contributed by atoms with Crippen molar-refractivity contribution >= 4 is 35.2 Å². The molecule has 7 heteroatoms. The summed E-state index contributed by atoms with van der Waals surface area (Å²) in [5.74, 6) is 0. The van der Waals surface area contributed by atoms with Crippen molar-refractivity contribution in [2.75, 3.05) is 0 Å². The molecule has 1 fully saturated rings. The number of hydrogen-bond acceptors (Lipinski definition) is 4. The van der Waals surface area contributed by atoms with Crippen LogP contribution in [-0.4, -0.2) is 30.7 Å². The monoisotopic (exact) mass is 274 g/mol. The Morgan fingerprint density at radius 1 is 1.29 bits per heavy atom. The fourth-order valence-electron chi connectivity index (χ4n) is 2.28. The summed E-state index contributed by atoms with van der Waals surface area (Å²) in [6, 6.07) is 0.269. The molecular formula is C10H12Cl2N4O. The molecule has 0 spiro atoms. The Morgan fingerprint density at radius 3 is 2.82 bits per heavy atom. The molecule has 3 rings (SSSR count). The zero-order valence-electron chi connectivity index (χ0n) is 8.95. The van der Waals surface area contributed by atoms with E-state index < -0.39 is 0 Å². The summed E-state index contributed by atoms with van der Waals surface area (Å²) >= 11 is 5.93. The van der Waals surface area contributed by atoms with Crippen molar-refractivity contribution in [1.29, 1.82) is 0 Å². The number of hydrogen-bond donors (Lipinski definition) is 1. The standard InChI is InChI=1S/C10H11ClN4O.ClH/c11-9-8-10(13-4-12-9)15(5-14-8)6-1-2-7(16)3-6;/h4-7,16H,1-3H2;1H. The van der Waals surface area contributed by atoms with Crippen LogP contribution in [0.25, 0.3) is 11.2 Å². The minimum absolute atomic E-state index is 0. The Labute approximate surface area is 109 Å². The molecule has 2 aromatic rings. The summed E-state index contributed by atoms with van der Waals surface area (Å²) in [5.41, 5.74) is 1.38.